The van der Waals surface area contributed by atoms with E-state index in [1.807, 2.05) is 6.07 Å². The van der Waals surface area contributed by atoms with Crippen LogP contribution in [0.3, 0.4) is 0 Å². The van der Waals surface area contributed by atoms with E-state index in [0.29, 0.717) is 22.3 Å². The molecule has 0 radical (unpaired) electrons. The first-order valence-corrected chi connectivity index (χ1v) is 7.18. The second-order valence-electron chi connectivity index (χ2n) is 4.35. The van der Waals surface area contributed by atoms with Crippen molar-refractivity contribution >= 4 is 27.5 Å². The maximum Gasteiger partial charge on any atom is 0.127 e. The predicted octanol–water partition coefficient (Wildman–Crippen LogP) is 5.29. The molecule has 0 N–H and O–H groups in total. The van der Waals surface area contributed by atoms with Crippen LogP contribution in [0, 0.1) is 11.6 Å². The van der Waals surface area contributed by atoms with E-state index in [2.05, 4.69) is 15.9 Å². The maximum atomic E-state index is 13.8. The van der Waals surface area contributed by atoms with Crippen molar-refractivity contribution in [1.29, 1.82) is 0 Å². The van der Waals surface area contributed by atoms with Gasteiger partial charge in [-0.1, -0.05) is 34.1 Å². The molecule has 2 aromatic carbocycles. The van der Waals surface area contributed by atoms with Gasteiger partial charge in [-0.25, -0.2) is 8.78 Å². The second-order valence-corrected chi connectivity index (χ2v) is 5.57. The molecule has 1 atom stereocenters. The van der Waals surface area contributed by atoms with Crippen LogP contribution in [0.2, 0.25) is 0 Å². The largest absolute Gasteiger partial charge is 0.207 e. The summed E-state index contributed by atoms with van der Waals surface area (Å²) >= 11 is 9.15. The van der Waals surface area contributed by atoms with E-state index in [0.717, 1.165) is 5.56 Å². The van der Waals surface area contributed by atoms with Gasteiger partial charge in [-0.05, 0) is 41.8 Å². The first-order chi connectivity index (χ1) is 9.10. The standard InChI is InChI=1S/C15H12BrClF2/c16-13-5-4-11(15(19)8-13)6-12(9-17)10-2-1-3-14(18)7-10/h1-5,7-8,12H,6,9H2. The molecule has 0 heterocycles. The molecular formula is C15H12BrClF2. The molecule has 0 fully saturated rings. The highest BCUT2D eigenvalue weighted by molar-refractivity contribution is 9.10. The maximum absolute atomic E-state index is 13.8. The highest BCUT2D eigenvalue weighted by atomic mass is 79.9. The SMILES string of the molecule is Fc1cccc(C(CCl)Cc2ccc(Br)cc2F)c1. The van der Waals surface area contributed by atoms with Gasteiger partial charge in [0.2, 0.25) is 0 Å². The van der Waals surface area contributed by atoms with Crippen LogP contribution in [0.15, 0.2) is 46.9 Å². The molecule has 2 aromatic rings. The Kier molecular flexibility index (Phi) is 4.94. The van der Waals surface area contributed by atoms with Crippen LogP contribution in [0.1, 0.15) is 17.0 Å². The summed E-state index contributed by atoms with van der Waals surface area (Å²) < 4.78 is 27.7. The molecule has 0 saturated carbocycles. The Balaban J connectivity index is 2.24. The number of alkyl halides is 1. The minimum Gasteiger partial charge on any atom is -0.207 e. The zero-order chi connectivity index (χ0) is 13.8. The fraction of sp³-hybridized carbons (Fsp3) is 0.200. The van der Waals surface area contributed by atoms with Crippen LogP contribution in [0.25, 0.3) is 0 Å². The summed E-state index contributed by atoms with van der Waals surface area (Å²) in [6.45, 7) is 0. The quantitative estimate of drug-likeness (QED) is 0.660. The zero-order valence-corrected chi connectivity index (χ0v) is 12.4. The van der Waals surface area contributed by atoms with Crippen molar-refractivity contribution in [3.63, 3.8) is 0 Å². The normalized spacial score (nSPS) is 12.4. The molecule has 0 saturated heterocycles. The van der Waals surface area contributed by atoms with Gasteiger partial charge in [0.1, 0.15) is 11.6 Å². The molecule has 0 amide bonds. The Morgan fingerprint density at radius 3 is 2.53 bits per heavy atom. The summed E-state index contributed by atoms with van der Waals surface area (Å²) in [5, 5.41) is 0. The lowest BCUT2D eigenvalue weighted by molar-refractivity contribution is 0.594. The summed E-state index contributed by atoms with van der Waals surface area (Å²) in [6, 6.07) is 11.2. The Labute approximate surface area is 124 Å². The number of benzene rings is 2. The molecule has 0 spiro atoms. The van der Waals surface area contributed by atoms with Gasteiger partial charge >= 0.3 is 0 Å². The predicted molar refractivity (Wildman–Crippen MR) is 77.7 cm³/mol. The van der Waals surface area contributed by atoms with Gasteiger partial charge in [-0.15, -0.1) is 11.6 Å². The third-order valence-corrected chi connectivity index (χ3v) is 3.85. The van der Waals surface area contributed by atoms with E-state index < -0.39 is 0 Å². The lowest BCUT2D eigenvalue weighted by Crippen LogP contribution is -2.06. The van der Waals surface area contributed by atoms with E-state index in [9.17, 15) is 8.78 Å². The number of hydrogen-bond donors (Lipinski definition) is 0. The third-order valence-electron chi connectivity index (χ3n) is 2.99. The fourth-order valence-corrected chi connectivity index (χ4v) is 2.60. The smallest absolute Gasteiger partial charge is 0.127 e. The lowest BCUT2D eigenvalue weighted by Gasteiger charge is -2.15. The molecule has 19 heavy (non-hydrogen) atoms. The number of rotatable bonds is 4. The monoisotopic (exact) mass is 344 g/mol. The molecule has 1 unspecified atom stereocenters. The van der Waals surface area contributed by atoms with Crippen LogP contribution in [0.5, 0.6) is 0 Å². The molecule has 0 nitrogen and oxygen atoms in total. The second kappa shape index (κ2) is 6.49. The average molecular weight is 346 g/mol. The van der Waals surface area contributed by atoms with E-state index in [-0.39, 0.29) is 17.6 Å². The van der Waals surface area contributed by atoms with E-state index in [4.69, 9.17) is 11.6 Å². The van der Waals surface area contributed by atoms with E-state index in [1.54, 1.807) is 18.2 Å². The van der Waals surface area contributed by atoms with Crippen molar-refractivity contribution in [2.45, 2.75) is 12.3 Å². The average Bonchev–Trinajstić information content (AvgIpc) is 2.38. The summed E-state index contributed by atoms with van der Waals surface area (Å²) in [4.78, 5) is 0. The van der Waals surface area contributed by atoms with Crippen molar-refractivity contribution in [2.24, 2.45) is 0 Å². The van der Waals surface area contributed by atoms with Crippen molar-refractivity contribution < 1.29 is 8.78 Å². The third kappa shape index (κ3) is 3.77. The number of hydrogen-bond acceptors (Lipinski definition) is 0. The molecule has 0 aromatic heterocycles. The molecule has 0 bridgehead atoms. The van der Waals surface area contributed by atoms with Gasteiger partial charge in [0.25, 0.3) is 0 Å². The minimum absolute atomic E-state index is 0.104. The first kappa shape index (κ1) is 14.5. The summed E-state index contributed by atoms with van der Waals surface area (Å²) in [5.41, 5.74) is 1.37. The Bertz CT molecular complexity index is 572. The van der Waals surface area contributed by atoms with Crippen molar-refractivity contribution in [1.82, 2.24) is 0 Å². The van der Waals surface area contributed by atoms with Crippen LogP contribution in [0.4, 0.5) is 8.78 Å². The summed E-state index contributed by atoms with van der Waals surface area (Å²) in [5.74, 6) is -0.364. The van der Waals surface area contributed by atoms with Crippen molar-refractivity contribution in [3.05, 3.63) is 69.7 Å². The number of halogens is 4. The molecule has 0 aliphatic rings. The highest BCUT2D eigenvalue weighted by Gasteiger charge is 2.14. The molecule has 100 valence electrons. The minimum atomic E-state index is -0.302. The van der Waals surface area contributed by atoms with Crippen molar-refractivity contribution in [3.8, 4) is 0 Å². The lowest BCUT2D eigenvalue weighted by atomic mass is 9.93. The zero-order valence-electron chi connectivity index (χ0n) is 10.0. The van der Waals surface area contributed by atoms with Gasteiger partial charge in [-0.3, -0.25) is 0 Å². The summed E-state index contributed by atoms with van der Waals surface area (Å²) in [7, 11) is 0. The summed E-state index contributed by atoms with van der Waals surface area (Å²) in [6.07, 6.45) is 0.450. The van der Waals surface area contributed by atoms with Crippen LogP contribution in [-0.4, -0.2) is 5.88 Å². The molecular weight excluding hydrogens is 334 g/mol. The van der Waals surface area contributed by atoms with Gasteiger partial charge in [0.15, 0.2) is 0 Å². The molecule has 2 rings (SSSR count). The molecule has 4 heteroatoms. The van der Waals surface area contributed by atoms with Gasteiger partial charge < -0.3 is 0 Å². The van der Waals surface area contributed by atoms with Crippen LogP contribution < -0.4 is 0 Å². The molecule has 0 aliphatic heterocycles. The van der Waals surface area contributed by atoms with Crippen molar-refractivity contribution in [2.75, 3.05) is 5.88 Å². The topological polar surface area (TPSA) is 0 Å². The Hall–Kier alpha value is -0.930. The van der Waals surface area contributed by atoms with Gasteiger partial charge in [0, 0.05) is 16.3 Å². The fourth-order valence-electron chi connectivity index (χ4n) is 1.97. The first-order valence-electron chi connectivity index (χ1n) is 5.85. The van der Waals surface area contributed by atoms with Gasteiger partial charge in [-0.2, -0.15) is 0 Å². The van der Waals surface area contributed by atoms with E-state index in [1.165, 1.54) is 18.2 Å². The van der Waals surface area contributed by atoms with Crippen LogP contribution in [-0.2, 0) is 6.42 Å². The molecule has 0 aliphatic carbocycles. The van der Waals surface area contributed by atoms with Gasteiger partial charge in [0.05, 0.1) is 0 Å². The van der Waals surface area contributed by atoms with Crippen LogP contribution >= 0.6 is 27.5 Å². The van der Waals surface area contributed by atoms with E-state index >= 15 is 0 Å². The highest BCUT2D eigenvalue weighted by Crippen LogP contribution is 2.25. The Morgan fingerprint density at radius 1 is 1.11 bits per heavy atom. The Morgan fingerprint density at radius 2 is 1.89 bits per heavy atom.